The van der Waals surface area contributed by atoms with Crippen LogP contribution in [0, 0.1) is 0 Å². The number of unbranched alkanes of at least 4 members (excludes halogenated alkanes) is 1. The molecule has 0 unspecified atom stereocenters. The van der Waals surface area contributed by atoms with Crippen LogP contribution < -0.4 is 9.47 Å². The van der Waals surface area contributed by atoms with Gasteiger partial charge in [0.2, 0.25) is 0 Å². The summed E-state index contributed by atoms with van der Waals surface area (Å²) < 4.78 is 10.5. The second-order valence-electron chi connectivity index (χ2n) is 6.05. The third-order valence-corrected chi connectivity index (χ3v) is 4.41. The Morgan fingerprint density at radius 2 is 1.77 bits per heavy atom. The Labute approximate surface area is 160 Å². The van der Waals surface area contributed by atoms with Gasteiger partial charge in [0.25, 0.3) is 5.91 Å². The summed E-state index contributed by atoms with van der Waals surface area (Å²) in [4.78, 5) is 27.4. The molecule has 0 saturated carbocycles. The largest absolute Gasteiger partial charge is 0.497 e. The molecule has 0 aliphatic carbocycles. The van der Waals surface area contributed by atoms with Gasteiger partial charge in [-0.05, 0) is 31.5 Å². The van der Waals surface area contributed by atoms with Gasteiger partial charge in [0, 0.05) is 38.7 Å². The number of amides is 1. The highest BCUT2D eigenvalue weighted by atomic mass is 35.5. The van der Waals surface area contributed by atoms with Gasteiger partial charge in [-0.2, -0.15) is 0 Å². The van der Waals surface area contributed by atoms with E-state index in [1.54, 1.807) is 32.4 Å². The number of rotatable bonds is 8. The SMILES string of the molecule is COc1ccc(C(=O)N2CCN(CCCCC(=O)O)CC2)c(OC)c1.Cl. The van der Waals surface area contributed by atoms with Gasteiger partial charge in [-0.3, -0.25) is 14.5 Å². The number of halogens is 1. The minimum atomic E-state index is -0.746. The minimum absolute atomic E-state index is 0. The van der Waals surface area contributed by atoms with Crippen molar-refractivity contribution in [1.29, 1.82) is 0 Å². The molecule has 0 bridgehead atoms. The van der Waals surface area contributed by atoms with Crippen LogP contribution in [0.4, 0.5) is 0 Å². The molecule has 0 spiro atoms. The smallest absolute Gasteiger partial charge is 0.303 e. The summed E-state index contributed by atoms with van der Waals surface area (Å²) in [6, 6.07) is 5.21. The zero-order valence-corrected chi connectivity index (χ0v) is 16.1. The lowest BCUT2D eigenvalue weighted by atomic mass is 10.1. The molecule has 1 fully saturated rings. The van der Waals surface area contributed by atoms with E-state index < -0.39 is 5.97 Å². The van der Waals surface area contributed by atoms with E-state index in [4.69, 9.17) is 14.6 Å². The number of hydrogen-bond acceptors (Lipinski definition) is 5. The van der Waals surface area contributed by atoms with Crippen LogP contribution in [0.2, 0.25) is 0 Å². The predicted octanol–water partition coefficient (Wildman–Crippen LogP) is 2.14. The number of methoxy groups -OCH3 is 2. The average molecular weight is 387 g/mol. The maximum Gasteiger partial charge on any atom is 0.303 e. The van der Waals surface area contributed by atoms with Crippen molar-refractivity contribution in [2.24, 2.45) is 0 Å². The minimum Gasteiger partial charge on any atom is -0.497 e. The van der Waals surface area contributed by atoms with E-state index in [0.717, 1.165) is 26.1 Å². The lowest BCUT2D eigenvalue weighted by molar-refractivity contribution is -0.137. The van der Waals surface area contributed by atoms with Gasteiger partial charge < -0.3 is 19.5 Å². The zero-order valence-electron chi connectivity index (χ0n) is 15.3. The second-order valence-corrected chi connectivity index (χ2v) is 6.05. The van der Waals surface area contributed by atoms with Crippen molar-refractivity contribution >= 4 is 24.3 Å². The van der Waals surface area contributed by atoms with E-state index in [-0.39, 0.29) is 24.7 Å². The van der Waals surface area contributed by atoms with E-state index in [1.165, 1.54) is 0 Å². The van der Waals surface area contributed by atoms with E-state index in [1.807, 2.05) is 4.90 Å². The van der Waals surface area contributed by atoms with Crippen LogP contribution in [0.1, 0.15) is 29.6 Å². The molecule has 1 N–H and O–H groups in total. The van der Waals surface area contributed by atoms with Crippen molar-refractivity contribution in [2.45, 2.75) is 19.3 Å². The third kappa shape index (κ3) is 6.07. The van der Waals surface area contributed by atoms with Gasteiger partial charge in [-0.1, -0.05) is 0 Å². The van der Waals surface area contributed by atoms with Crippen molar-refractivity contribution in [3.63, 3.8) is 0 Å². The Bertz CT molecular complexity index is 603. The first-order valence-electron chi connectivity index (χ1n) is 8.50. The molecular formula is C18H27ClN2O5. The van der Waals surface area contributed by atoms with Gasteiger partial charge in [0.05, 0.1) is 19.8 Å². The molecule has 1 heterocycles. The van der Waals surface area contributed by atoms with Crippen molar-refractivity contribution in [1.82, 2.24) is 9.80 Å². The van der Waals surface area contributed by atoms with Crippen LogP contribution in [-0.4, -0.2) is 73.7 Å². The Morgan fingerprint density at radius 1 is 1.08 bits per heavy atom. The summed E-state index contributed by atoms with van der Waals surface area (Å²) in [5.74, 6) is 0.383. The van der Waals surface area contributed by atoms with Crippen LogP contribution in [-0.2, 0) is 4.79 Å². The van der Waals surface area contributed by atoms with Gasteiger partial charge in [-0.15, -0.1) is 12.4 Å². The summed E-state index contributed by atoms with van der Waals surface area (Å²) in [6.07, 6.45) is 1.78. The van der Waals surface area contributed by atoms with Crippen LogP contribution >= 0.6 is 12.4 Å². The number of aliphatic carboxylic acids is 1. The maximum absolute atomic E-state index is 12.7. The van der Waals surface area contributed by atoms with Crippen molar-refractivity contribution in [3.8, 4) is 11.5 Å². The number of hydrogen-bond donors (Lipinski definition) is 1. The first-order valence-corrected chi connectivity index (χ1v) is 8.50. The van der Waals surface area contributed by atoms with Gasteiger partial charge in [-0.25, -0.2) is 0 Å². The second kappa shape index (κ2) is 10.9. The Kier molecular flexibility index (Phi) is 9.23. The number of benzene rings is 1. The highest BCUT2D eigenvalue weighted by Crippen LogP contribution is 2.26. The van der Waals surface area contributed by atoms with Crippen molar-refractivity contribution in [2.75, 3.05) is 46.9 Å². The van der Waals surface area contributed by atoms with Crippen LogP contribution in [0.5, 0.6) is 11.5 Å². The van der Waals surface area contributed by atoms with Gasteiger partial charge >= 0.3 is 5.97 Å². The predicted molar refractivity (Wildman–Crippen MR) is 101 cm³/mol. The molecule has 2 rings (SSSR count). The monoisotopic (exact) mass is 386 g/mol. The Morgan fingerprint density at radius 3 is 2.35 bits per heavy atom. The van der Waals surface area contributed by atoms with E-state index in [0.29, 0.717) is 36.6 Å². The molecule has 0 aromatic heterocycles. The standard InChI is InChI=1S/C18H26N2O5.ClH/c1-24-14-6-7-15(16(13-14)25-2)18(23)20-11-9-19(10-12-20)8-4-3-5-17(21)22;/h6-7,13H,3-5,8-12H2,1-2H3,(H,21,22);1H. The topological polar surface area (TPSA) is 79.3 Å². The molecule has 8 heteroatoms. The number of carbonyl (C=O) groups is 2. The molecule has 146 valence electrons. The first kappa shape index (κ1) is 22.1. The molecule has 1 aliphatic rings. The molecule has 1 aromatic rings. The first-order chi connectivity index (χ1) is 12.0. The molecule has 0 radical (unpaired) electrons. The van der Waals surface area contributed by atoms with Gasteiger partial charge in [0.15, 0.2) is 0 Å². The van der Waals surface area contributed by atoms with Crippen molar-refractivity contribution in [3.05, 3.63) is 23.8 Å². The maximum atomic E-state index is 12.7. The van der Waals surface area contributed by atoms with Crippen LogP contribution in [0.3, 0.4) is 0 Å². The highest BCUT2D eigenvalue weighted by Gasteiger charge is 2.24. The number of carboxylic acids is 1. The third-order valence-electron chi connectivity index (χ3n) is 4.41. The number of ether oxygens (including phenoxy) is 2. The molecular weight excluding hydrogens is 360 g/mol. The average Bonchev–Trinajstić information content (AvgIpc) is 2.64. The fourth-order valence-corrected chi connectivity index (χ4v) is 2.93. The quantitative estimate of drug-likeness (QED) is 0.689. The number of piperazine rings is 1. The van der Waals surface area contributed by atoms with Gasteiger partial charge in [0.1, 0.15) is 11.5 Å². The summed E-state index contributed by atoms with van der Waals surface area (Å²) in [7, 11) is 3.12. The molecule has 1 aromatic carbocycles. The molecule has 26 heavy (non-hydrogen) atoms. The summed E-state index contributed by atoms with van der Waals surface area (Å²) in [5, 5.41) is 8.65. The zero-order chi connectivity index (χ0) is 18.2. The normalized spacial score (nSPS) is 14.5. The summed E-state index contributed by atoms with van der Waals surface area (Å²) >= 11 is 0. The lowest BCUT2D eigenvalue weighted by Gasteiger charge is -2.35. The lowest BCUT2D eigenvalue weighted by Crippen LogP contribution is -2.48. The van der Waals surface area contributed by atoms with E-state index in [9.17, 15) is 9.59 Å². The molecule has 1 aliphatic heterocycles. The fourth-order valence-electron chi connectivity index (χ4n) is 2.93. The van der Waals surface area contributed by atoms with E-state index in [2.05, 4.69) is 4.90 Å². The molecule has 1 saturated heterocycles. The number of carboxylic acid groups (broad SMARTS) is 1. The van der Waals surface area contributed by atoms with E-state index >= 15 is 0 Å². The highest BCUT2D eigenvalue weighted by molar-refractivity contribution is 5.97. The van der Waals surface area contributed by atoms with Crippen LogP contribution in [0.25, 0.3) is 0 Å². The summed E-state index contributed by atoms with van der Waals surface area (Å²) in [5.41, 5.74) is 0.540. The Balaban J connectivity index is 0.00000338. The molecule has 7 nitrogen and oxygen atoms in total. The molecule has 0 atom stereocenters. The summed E-state index contributed by atoms with van der Waals surface area (Å²) in [6.45, 7) is 3.80. The van der Waals surface area contributed by atoms with Crippen LogP contribution in [0.15, 0.2) is 18.2 Å². The number of nitrogens with zero attached hydrogens (tertiary/aromatic N) is 2. The van der Waals surface area contributed by atoms with Crippen molar-refractivity contribution < 1.29 is 24.2 Å². The fraction of sp³-hybridized carbons (Fsp3) is 0.556. The number of carbonyl (C=O) groups excluding carboxylic acids is 1. The Hall–Kier alpha value is -1.99. The molecule has 1 amide bonds.